The number of nitrogens with one attached hydrogen (secondary N) is 2. The van der Waals surface area contributed by atoms with E-state index >= 15 is 0 Å². The van der Waals surface area contributed by atoms with Gasteiger partial charge in [0.1, 0.15) is 6.54 Å². The molecule has 10 nitrogen and oxygen atoms in total. The van der Waals surface area contributed by atoms with Gasteiger partial charge in [0, 0.05) is 31.4 Å². The standard InChI is InChI=1S/C21H25N5O5S3/c1-15-5-6-16(2)19(13-15)26(34(30,31)25(3)4)14-20(27)23-17-7-9-18(10-8-17)33(28,29)24-21-22-11-12-32-21/h5-13H,14H2,1-4H3,(H,22,24)(H,23,27). The number of hydrogen-bond donors (Lipinski definition) is 2. The number of anilines is 3. The van der Waals surface area contributed by atoms with Crippen molar-refractivity contribution >= 4 is 54.0 Å². The molecule has 0 spiro atoms. The summed E-state index contributed by atoms with van der Waals surface area (Å²) in [6.07, 6.45) is 1.49. The number of carbonyl (C=O) groups excluding carboxylic acids is 1. The molecule has 0 unspecified atom stereocenters. The number of nitrogens with zero attached hydrogens (tertiary/aromatic N) is 3. The minimum absolute atomic E-state index is 0.00658. The van der Waals surface area contributed by atoms with E-state index in [1.165, 1.54) is 44.6 Å². The first-order valence-electron chi connectivity index (χ1n) is 10.00. The number of carbonyl (C=O) groups is 1. The summed E-state index contributed by atoms with van der Waals surface area (Å²) in [6.45, 7) is 3.14. The van der Waals surface area contributed by atoms with Crippen LogP contribution < -0.4 is 14.3 Å². The van der Waals surface area contributed by atoms with Crippen LogP contribution in [0.1, 0.15) is 11.1 Å². The second kappa shape index (κ2) is 10.1. The van der Waals surface area contributed by atoms with Crippen LogP contribution in [0.2, 0.25) is 0 Å². The summed E-state index contributed by atoms with van der Waals surface area (Å²) >= 11 is 1.15. The monoisotopic (exact) mass is 523 g/mol. The largest absolute Gasteiger partial charge is 0.325 e. The molecule has 2 aromatic carbocycles. The van der Waals surface area contributed by atoms with Gasteiger partial charge < -0.3 is 5.32 Å². The Labute approximate surface area is 203 Å². The Morgan fingerprint density at radius 2 is 1.71 bits per heavy atom. The molecule has 0 aliphatic rings. The first kappa shape index (κ1) is 25.6. The Morgan fingerprint density at radius 1 is 1.03 bits per heavy atom. The zero-order chi connectivity index (χ0) is 25.1. The van der Waals surface area contributed by atoms with E-state index in [9.17, 15) is 21.6 Å². The van der Waals surface area contributed by atoms with Gasteiger partial charge in [-0.15, -0.1) is 11.3 Å². The molecule has 1 heterocycles. The van der Waals surface area contributed by atoms with Crippen molar-refractivity contribution in [1.29, 1.82) is 0 Å². The molecular weight excluding hydrogens is 498 g/mol. The van der Waals surface area contributed by atoms with E-state index in [1.807, 2.05) is 13.0 Å². The van der Waals surface area contributed by atoms with Crippen molar-refractivity contribution in [3.05, 3.63) is 65.2 Å². The number of amides is 1. The zero-order valence-corrected chi connectivity index (χ0v) is 21.5. The molecule has 0 saturated heterocycles. The molecule has 3 aromatic rings. The summed E-state index contributed by atoms with van der Waals surface area (Å²) in [5.74, 6) is -0.581. The van der Waals surface area contributed by atoms with E-state index in [0.29, 0.717) is 16.9 Å². The van der Waals surface area contributed by atoms with Gasteiger partial charge >= 0.3 is 10.2 Å². The van der Waals surface area contributed by atoms with Crippen LogP contribution in [0.3, 0.4) is 0 Å². The Bertz CT molecular complexity index is 1370. The van der Waals surface area contributed by atoms with Crippen molar-refractivity contribution in [2.45, 2.75) is 18.7 Å². The number of rotatable bonds is 9. The van der Waals surface area contributed by atoms with Crippen LogP contribution in [0.25, 0.3) is 0 Å². The fourth-order valence-corrected chi connectivity index (χ4v) is 5.88. The lowest BCUT2D eigenvalue weighted by Crippen LogP contribution is -2.44. The highest BCUT2D eigenvalue weighted by Crippen LogP contribution is 2.25. The minimum atomic E-state index is -3.96. The Morgan fingerprint density at radius 3 is 2.29 bits per heavy atom. The summed E-state index contributed by atoms with van der Waals surface area (Å²) in [6, 6.07) is 10.9. The molecular formula is C21H25N5O5S3. The van der Waals surface area contributed by atoms with E-state index < -0.39 is 32.7 Å². The molecule has 0 atom stereocenters. The molecule has 0 saturated carbocycles. The highest BCUT2D eigenvalue weighted by atomic mass is 32.2. The number of benzene rings is 2. The lowest BCUT2D eigenvalue weighted by molar-refractivity contribution is -0.114. The molecule has 0 bridgehead atoms. The van der Waals surface area contributed by atoms with E-state index in [-0.39, 0.29) is 10.0 Å². The quantitative estimate of drug-likeness (QED) is 0.444. The topological polar surface area (TPSA) is 129 Å². The number of aryl methyl sites for hydroxylation is 2. The predicted octanol–water partition coefficient (Wildman–Crippen LogP) is 2.81. The second-order valence-corrected chi connectivity index (χ2v) is 12.2. The first-order valence-corrected chi connectivity index (χ1v) is 13.8. The molecule has 0 radical (unpaired) electrons. The maximum absolute atomic E-state index is 13.0. The normalized spacial score (nSPS) is 11.9. The van der Waals surface area contributed by atoms with Crippen LogP contribution >= 0.6 is 11.3 Å². The van der Waals surface area contributed by atoms with E-state index in [4.69, 9.17) is 0 Å². The number of aromatic nitrogens is 1. The van der Waals surface area contributed by atoms with E-state index in [2.05, 4.69) is 15.0 Å². The number of sulfonamides is 1. The smallest absolute Gasteiger partial charge is 0.304 e. The fourth-order valence-electron chi connectivity index (χ4n) is 2.97. The van der Waals surface area contributed by atoms with Gasteiger partial charge in [-0.1, -0.05) is 12.1 Å². The third-order valence-corrected chi connectivity index (χ3v) is 8.74. The van der Waals surface area contributed by atoms with Gasteiger partial charge in [-0.2, -0.15) is 12.7 Å². The Kier molecular flexibility index (Phi) is 7.60. The fraction of sp³-hybridized carbons (Fsp3) is 0.238. The maximum Gasteiger partial charge on any atom is 0.304 e. The van der Waals surface area contributed by atoms with Gasteiger partial charge in [0.2, 0.25) is 5.91 Å². The van der Waals surface area contributed by atoms with Gasteiger partial charge in [-0.05, 0) is 55.3 Å². The minimum Gasteiger partial charge on any atom is -0.325 e. The highest BCUT2D eigenvalue weighted by molar-refractivity contribution is 7.93. The van der Waals surface area contributed by atoms with Crippen LogP contribution in [0.5, 0.6) is 0 Å². The molecule has 182 valence electrons. The molecule has 1 aromatic heterocycles. The molecule has 0 aliphatic heterocycles. The Hall–Kier alpha value is -3.00. The molecule has 0 aliphatic carbocycles. The third-order valence-electron chi connectivity index (χ3n) is 4.76. The average Bonchev–Trinajstić information content (AvgIpc) is 3.26. The van der Waals surface area contributed by atoms with Crippen LogP contribution in [0.15, 0.2) is 58.9 Å². The van der Waals surface area contributed by atoms with Gasteiger partial charge in [0.05, 0.1) is 10.6 Å². The van der Waals surface area contributed by atoms with Gasteiger partial charge in [-0.3, -0.25) is 9.52 Å². The molecule has 3 rings (SSSR count). The van der Waals surface area contributed by atoms with Crippen LogP contribution in [0.4, 0.5) is 16.5 Å². The van der Waals surface area contributed by atoms with Gasteiger partial charge in [0.25, 0.3) is 10.0 Å². The lowest BCUT2D eigenvalue weighted by atomic mass is 10.1. The van der Waals surface area contributed by atoms with Crippen molar-refractivity contribution in [1.82, 2.24) is 9.29 Å². The van der Waals surface area contributed by atoms with Gasteiger partial charge in [0.15, 0.2) is 5.13 Å². The van der Waals surface area contributed by atoms with Crippen LogP contribution in [0, 0.1) is 13.8 Å². The second-order valence-electron chi connectivity index (χ2n) is 7.60. The molecule has 34 heavy (non-hydrogen) atoms. The van der Waals surface area contributed by atoms with Crippen LogP contribution in [-0.2, 0) is 25.0 Å². The Balaban J connectivity index is 1.79. The molecule has 13 heteroatoms. The molecule has 1 amide bonds. The zero-order valence-electron chi connectivity index (χ0n) is 19.0. The average molecular weight is 524 g/mol. The molecule has 0 fully saturated rings. The van der Waals surface area contributed by atoms with Crippen molar-refractivity contribution in [2.75, 3.05) is 35.0 Å². The van der Waals surface area contributed by atoms with Crippen molar-refractivity contribution in [3.8, 4) is 0 Å². The summed E-state index contributed by atoms with van der Waals surface area (Å²) in [5, 5.41) is 4.51. The third kappa shape index (κ3) is 5.91. The summed E-state index contributed by atoms with van der Waals surface area (Å²) in [7, 11) is -5.00. The SMILES string of the molecule is Cc1ccc(C)c(N(CC(=O)Nc2ccc(S(=O)(=O)Nc3nccs3)cc2)S(=O)(=O)N(C)C)c1. The van der Waals surface area contributed by atoms with Crippen molar-refractivity contribution in [2.24, 2.45) is 0 Å². The number of hydrogen-bond acceptors (Lipinski definition) is 7. The summed E-state index contributed by atoms with van der Waals surface area (Å²) in [4.78, 5) is 16.7. The molecule has 2 N–H and O–H groups in total. The lowest BCUT2D eigenvalue weighted by Gasteiger charge is -2.28. The summed E-state index contributed by atoms with van der Waals surface area (Å²) < 4.78 is 55.3. The van der Waals surface area contributed by atoms with E-state index in [1.54, 1.807) is 24.4 Å². The van der Waals surface area contributed by atoms with Crippen molar-refractivity contribution in [3.63, 3.8) is 0 Å². The summed E-state index contributed by atoms with van der Waals surface area (Å²) in [5.41, 5.74) is 2.27. The predicted molar refractivity (Wildman–Crippen MR) is 134 cm³/mol. The first-order chi connectivity index (χ1) is 15.9. The van der Waals surface area contributed by atoms with Gasteiger partial charge in [-0.25, -0.2) is 17.7 Å². The van der Waals surface area contributed by atoms with E-state index in [0.717, 1.165) is 25.5 Å². The van der Waals surface area contributed by atoms with Crippen molar-refractivity contribution < 1.29 is 21.6 Å². The highest BCUT2D eigenvalue weighted by Gasteiger charge is 2.28. The number of thiazole rings is 1. The van der Waals surface area contributed by atoms with Crippen LogP contribution in [-0.4, -0.2) is 52.7 Å². The maximum atomic E-state index is 13.0.